The molecule has 0 aromatic heterocycles. The highest BCUT2D eigenvalue weighted by atomic mass is 16.8. The molecular weight excluding hydrogens is 220 g/mol. The highest BCUT2D eigenvalue weighted by molar-refractivity contribution is 5.89. The summed E-state index contributed by atoms with van der Waals surface area (Å²) in [5.41, 5.74) is 0.514. The van der Waals surface area contributed by atoms with Crippen LogP contribution in [0.4, 0.5) is 0 Å². The fourth-order valence-electron chi connectivity index (χ4n) is 1.52. The highest BCUT2D eigenvalue weighted by Crippen LogP contribution is 2.15. The second-order valence-corrected chi connectivity index (χ2v) is 3.60. The lowest BCUT2D eigenvalue weighted by Crippen LogP contribution is -2.29. The molecule has 0 aliphatic carbocycles. The first-order chi connectivity index (χ1) is 8.29. The average Bonchev–Trinajstić information content (AvgIpc) is 2.40. The summed E-state index contributed by atoms with van der Waals surface area (Å²) in [6.07, 6.45) is 3.17. The molecule has 90 valence electrons. The Labute approximate surface area is 99.8 Å². The van der Waals surface area contributed by atoms with Gasteiger partial charge in [-0.15, -0.1) is 0 Å². The molecule has 4 heteroatoms. The van der Waals surface area contributed by atoms with Gasteiger partial charge in [0, 0.05) is 13.5 Å². The summed E-state index contributed by atoms with van der Waals surface area (Å²) in [5, 5.41) is 0. The van der Waals surface area contributed by atoms with Gasteiger partial charge in [-0.2, -0.15) is 0 Å². The molecule has 0 bridgehead atoms. The normalized spacial score (nSPS) is 23.4. The molecule has 1 heterocycles. The van der Waals surface area contributed by atoms with E-state index in [0.717, 1.165) is 0 Å². The summed E-state index contributed by atoms with van der Waals surface area (Å²) in [6, 6.07) is 8.83. The fourth-order valence-corrected chi connectivity index (χ4v) is 1.52. The second kappa shape index (κ2) is 5.61. The van der Waals surface area contributed by atoms with E-state index in [1.165, 1.54) is 7.11 Å². The van der Waals surface area contributed by atoms with Crippen LogP contribution in [-0.2, 0) is 14.2 Å². The van der Waals surface area contributed by atoms with Crippen molar-refractivity contribution in [3.63, 3.8) is 0 Å². The van der Waals surface area contributed by atoms with Crippen molar-refractivity contribution in [2.24, 2.45) is 0 Å². The number of methoxy groups -OCH3 is 1. The standard InChI is InChI=1S/C13H14O4/c1-15-11-8-5-9-12(16-11)17-13(14)10-6-3-2-4-7-10/h2-8,11-12H,9H2,1H3/t11-,12-/m1/s1. The monoisotopic (exact) mass is 234 g/mol. The Balaban J connectivity index is 1.94. The molecular formula is C13H14O4. The average molecular weight is 234 g/mol. The highest BCUT2D eigenvalue weighted by Gasteiger charge is 2.21. The summed E-state index contributed by atoms with van der Waals surface area (Å²) in [4.78, 5) is 11.7. The summed E-state index contributed by atoms with van der Waals surface area (Å²) in [7, 11) is 1.54. The van der Waals surface area contributed by atoms with E-state index in [1.807, 2.05) is 12.1 Å². The molecule has 0 radical (unpaired) electrons. The molecule has 17 heavy (non-hydrogen) atoms. The zero-order chi connectivity index (χ0) is 12.1. The maximum absolute atomic E-state index is 11.7. The van der Waals surface area contributed by atoms with Gasteiger partial charge in [0.25, 0.3) is 0 Å². The lowest BCUT2D eigenvalue weighted by Gasteiger charge is -2.24. The molecule has 4 nitrogen and oxygen atoms in total. The number of hydrogen-bond donors (Lipinski definition) is 0. The minimum Gasteiger partial charge on any atom is -0.432 e. The second-order valence-electron chi connectivity index (χ2n) is 3.60. The van der Waals surface area contributed by atoms with Crippen molar-refractivity contribution in [1.29, 1.82) is 0 Å². The molecule has 1 aromatic carbocycles. The van der Waals surface area contributed by atoms with Gasteiger partial charge in [0.05, 0.1) is 5.56 Å². The van der Waals surface area contributed by atoms with Crippen LogP contribution >= 0.6 is 0 Å². The van der Waals surface area contributed by atoms with Crippen LogP contribution in [-0.4, -0.2) is 25.7 Å². The van der Waals surface area contributed by atoms with Gasteiger partial charge in [-0.05, 0) is 18.2 Å². The third kappa shape index (κ3) is 3.15. The van der Waals surface area contributed by atoms with Crippen molar-refractivity contribution in [3.05, 3.63) is 48.0 Å². The predicted molar refractivity (Wildman–Crippen MR) is 61.3 cm³/mol. The van der Waals surface area contributed by atoms with Crippen molar-refractivity contribution < 1.29 is 19.0 Å². The van der Waals surface area contributed by atoms with Gasteiger partial charge < -0.3 is 14.2 Å². The third-order valence-corrected chi connectivity index (χ3v) is 2.39. The van der Waals surface area contributed by atoms with Crippen LogP contribution < -0.4 is 0 Å². The van der Waals surface area contributed by atoms with Gasteiger partial charge in [0.2, 0.25) is 6.29 Å². The fraction of sp³-hybridized carbons (Fsp3) is 0.308. The van der Waals surface area contributed by atoms with Crippen molar-refractivity contribution in [1.82, 2.24) is 0 Å². The molecule has 0 spiro atoms. The van der Waals surface area contributed by atoms with Crippen molar-refractivity contribution in [2.75, 3.05) is 7.11 Å². The summed E-state index contributed by atoms with van der Waals surface area (Å²) < 4.78 is 15.6. The zero-order valence-electron chi connectivity index (χ0n) is 9.54. The van der Waals surface area contributed by atoms with Gasteiger partial charge in [-0.25, -0.2) is 4.79 Å². The van der Waals surface area contributed by atoms with E-state index in [2.05, 4.69) is 0 Å². The Morgan fingerprint density at radius 2 is 2.12 bits per heavy atom. The minimum absolute atomic E-state index is 0.388. The summed E-state index contributed by atoms with van der Waals surface area (Å²) in [5.74, 6) is -0.388. The third-order valence-electron chi connectivity index (χ3n) is 2.39. The van der Waals surface area contributed by atoms with E-state index in [-0.39, 0.29) is 5.97 Å². The minimum atomic E-state index is -0.586. The Morgan fingerprint density at radius 1 is 1.35 bits per heavy atom. The first kappa shape index (κ1) is 11.8. The van der Waals surface area contributed by atoms with E-state index in [0.29, 0.717) is 12.0 Å². The van der Waals surface area contributed by atoms with E-state index < -0.39 is 12.6 Å². The molecule has 2 rings (SSSR count). The summed E-state index contributed by atoms with van der Waals surface area (Å²) in [6.45, 7) is 0. The number of carbonyl (C=O) groups is 1. The largest absolute Gasteiger partial charge is 0.432 e. The van der Waals surface area contributed by atoms with Crippen LogP contribution in [0.5, 0.6) is 0 Å². The molecule has 1 aliphatic rings. The zero-order valence-corrected chi connectivity index (χ0v) is 9.54. The number of benzene rings is 1. The first-order valence-corrected chi connectivity index (χ1v) is 5.40. The van der Waals surface area contributed by atoms with E-state index in [9.17, 15) is 4.79 Å². The number of carbonyl (C=O) groups excluding carboxylic acids is 1. The van der Waals surface area contributed by atoms with Crippen molar-refractivity contribution in [3.8, 4) is 0 Å². The smallest absolute Gasteiger partial charge is 0.340 e. The molecule has 0 amide bonds. The summed E-state index contributed by atoms with van der Waals surface area (Å²) >= 11 is 0. The molecule has 0 saturated carbocycles. The van der Waals surface area contributed by atoms with Crippen molar-refractivity contribution >= 4 is 5.97 Å². The van der Waals surface area contributed by atoms with Crippen LogP contribution in [0.3, 0.4) is 0 Å². The van der Waals surface area contributed by atoms with Crippen LogP contribution in [0, 0.1) is 0 Å². The molecule has 0 saturated heterocycles. The maximum atomic E-state index is 11.7. The maximum Gasteiger partial charge on any atom is 0.340 e. The van der Waals surface area contributed by atoms with Crippen molar-refractivity contribution in [2.45, 2.75) is 19.0 Å². The van der Waals surface area contributed by atoms with Gasteiger partial charge in [-0.3, -0.25) is 0 Å². The topological polar surface area (TPSA) is 44.8 Å². The first-order valence-electron chi connectivity index (χ1n) is 5.40. The van der Waals surface area contributed by atoms with Gasteiger partial charge in [-0.1, -0.05) is 24.3 Å². The van der Waals surface area contributed by atoms with Crippen LogP contribution in [0.25, 0.3) is 0 Å². The predicted octanol–water partition coefficient (Wildman–Crippen LogP) is 2.12. The van der Waals surface area contributed by atoms with Gasteiger partial charge >= 0.3 is 5.97 Å². The van der Waals surface area contributed by atoms with Crippen LogP contribution in [0.15, 0.2) is 42.5 Å². The Morgan fingerprint density at radius 3 is 2.82 bits per heavy atom. The van der Waals surface area contributed by atoms with E-state index in [4.69, 9.17) is 14.2 Å². The lowest BCUT2D eigenvalue weighted by atomic mass is 10.2. The number of esters is 1. The Bertz CT molecular complexity index is 399. The molecule has 2 atom stereocenters. The van der Waals surface area contributed by atoms with Crippen LogP contribution in [0.2, 0.25) is 0 Å². The lowest BCUT2D eigenvalue weighted by molar-refractivity contribution is -0.203. The van der Waals surface area contributed by atoms with Crippen LogP contribution in [0.1, 0.15) is 16.8 Å². The molecule has 1 aliphatic heterocycles. The number of ether oxygens (including phenoxy) is 3. The van der Waals surface area contributed by atoms with Gasteiger partial charge in [0.15, 0.2) is 6.29 Å². The van der Waals surface area contributed by atoms with Gasteiger partial charge in [0.1, 0.15) is 0 Å². The number of hydrogen-bond acceptors (Lipinski definition) is 4. The quantitative estimate of drug-likeness (QED) is 0.593. The Hall–Kier alpha value is -1.65. The Kier molecular flexibility index (Phi) is 3.90. The molecule has 0 N–H and O–H groups in total. The van der Waals surface area contributed by atoms with E-state index >= 15 is 0 Å². The number of rotatable bonds is 3. The SMILES string of the molecule is CO[C@H]1C=CC[C@@H](OC(=O)c2ccccc2)O1. The molecule has 0 fully saturated rings. The molecule has 0 unspecified atom stereocenters. The van der Waals surface area contributed by atoms with E-state index in [1.54, 1.807) is 30.3 Å². The molecule has 1 aromatic rings.